The number of nitrogens with one attached hydrogen (secondary N) is 2. The summed E-state index contributed by atoms with van der Waals surface area (Å²) in [7, 11) is 0. The number of benzene rings is 1. The molecule has 5 nitrogen and oxygen atoms in total. The molecule has 1 unspecified atom stereocenters. The molecule has 20 heavy (non-hydrogen) atoms. The number of hydrogen-bond acceptors (Lipinski definition) is 4. The van der Waals surface area contributed by atoms with Crippen molar-refractivity contribution in [2.24, 2.45) is 5.41 Å². The summed E-state index contributed by atoms with van der Waals surface area (Å²) in [6.45, 7) is 3.82. The van der Waals surface area contributed by atoms with E-state index < -0.39 is 0 Å². The Morgan fingerprint density at radius 2 is 2.40 bits per heavy atom. The number of carbonyl (C=O) groups is 1. The van der Waals surface area contributed by atoms with E-state index in [0.29, 0.717) is 0 Å². The van der Waals surface area contributed by atoms with Gasteiger partial charge < -0.3 is 0 Å². The summed E-state index contributed by atoms with van der Waals surface area (Å²) in [6, 6.07) is 5.79. The number of rotatable bonds is 4. The van der Waals surface area contributed by atoms with E-state index in [1.54, 1.807) is 0 Å². The zero-order valence-corrected chi connectivity index (χ0v) is 13.2. The minimum atomic E-state index is -0.266. The second kappa shape index (κ2) is 5.64. The summed E-state index contributed by atoms with van der Waals surface area (Å²) in [6.07, 6.45) is 2.85. The van der Waals surface area contributed by atoms with Crippen LogP contribution in [0.1, 0.15) is 26.2 Å². The number of anilines is 1. The van der Waals surface area contributed by atoms with Crippen LogP contribution in [0, 0.1) is 5.41 Å². The fourth-order valence-electron chi connectivity index (χ4n) is 2.90. The SMILES string of the molecule is CCCC1(C(=O)Nc2cccc3n[se]nc23)CCNC1. The van der Waals surface area contributed by atoms with E-state index in [2.05, 4.69) is 25.5 Å². The van der Waals surface area contributed by atoms with Crippen LogP contribution >= 0.6 is 0 Å². The zero-order chi connectivity index (χ0) is 14.0. The van der Waals surface area contributed by atoms with Gasteiger partial charge in [0.1, 0.15) is 0 Å². The Bertz CT molecular complexity index is 618. The van der Waals surface area contributed by atoms with Gasteiger partial charge in [0, 0.05) is 0 Å². The van der Waals surface area contributed by atoms with E-state index in [1.807, 2.05) is 18.2 Å². The third-order valence-electron chi connectivity index (χ3n) is 3.99. The fourth-order valence-corrected chi connectivity index (χ4v) is 4.06. The van der Waals surface area contributed by atoms with Crippen LogP contribution in [0.15, 0.2) is 18.2 Å². The van der Waals surface area contributed by atoms with Crippen LogP contribution in [-0.4, -0.2) is 41.9 Å². The fraction of sp³-hybridized carbons (Fsp3) is 0.500. The van der Waals surface area contributed by atoms with E-state index in [9.17, 15) is 4.79 Å². The third kappa shape index (κ3) is 2.39. The molecule has 2 heterocycles. The second-order valence-electron chi connectivity index (χ2n) is 5.35. The first-order chi connectivity index (χ1) is 9.75. The Labute approximate surface area is 124 Å². The normalized spacial score (nSPS) is 22.2. The van der Waals surface area contributed by atoms with E-state index in [0.717, 1.165) is 49.1 Å². The van der Waals surface area contributed by atoms with Crippen LogP contribution < -0.4 is 10.6 Å². The van der Waals surface area contributed by atoms with Crippen molar-refractivity contribution in [2.75, 3.05) is 18.4 Å². The molecule has 1 amide bonds. The number of aromatic nitrogens is 2. The van der Waals surface area contributed by atoms with Gasteiger partial charge in [-0.1, -0.05) is 0 Å². The van der Waals surface area contributed by atoms with Crippen molar-refractivity contribution in [1.82, 2.24) is 13.3 Å². The van der Waals surface area contributed by atoms with E-state index in [1.165, 1.54) is 0 Å². The quantitative estimate of drug-likeness (QED) is 0.828. The third-order valence-corrected chi connectivity index (χ3v) is 5.13. The van der Waals surface area contributed by atoms with Crippen molar-refractivity contribution in [3.63, 3.8) is 0 Å². The molecule has 1 aliphatic rings. The molecule has 2 aromatic rings. The average Bonchev–Trinajstić information content (AvgIpc) is 3.08. The summed E-state index contributed by atoms with van der Waals surface area (Å²) in [5.41, 5.74) is 2.28. The van der Waals surface area contributed by atoms with Crippen molar-refractivity contribution in [3.8, 4) is 0 Å². The molecule has 1 saturated heterocycles. The first kappa shape index (κ1) is 13.7. The number of amides is 1. The molecule has 0 aliphatic carbocycles. The van der Waals surface area contributed by atoms with Gasteiger partial charge in [-0.15, -0.1) is 0 Å². The Balaban J connectivity index is 1.86. The zero-order valence-electron chi connectivity index (χ0n) is 11.5. The summed E-state index contributed by atoms with van der Waals surface area (Å²) < 4.78 is 8.76. The van der Waals surface area contributed by atoms with Crippen LogP contribution in [0.3, 0.4) is 0 Å². The molecule has 0 radical (unpaired) electrons. The van der Waals surface area contributed by atoms with Crippen LogP contribution in [0.2, 0.25) is 0 Å². The Morgan fingerprint density at radius 1 is 1.50 bits per heavy atom. The molecule has 1 atom stereocenters. The molecular weight excluding hydrogens is 319 g/mol. The first-order valence-electron chi connectivity index (χ1n) is 6.99. The average molecular weight is 337 g/mol. The Morgan fingerprint density at radius 3 is 3.15 bits per heavy atom. The maximum absolute atomic E-state index is 12.7. The minimum absolute atomic E-state index is 0.0703. The first-order valence-corrected chi connectivity index (χ1v) is 8.52. The van der Waals surface area contributed by atoms with Gasteiger partial charge in [0.2, 0.25) is 0 Å². The Hall–Kier alpha value is -1.23. The standard InChI is InChI=1S/C14H18N4OSe/c1-2-6-14(7-8-15-9-14)13(19)16-10-4-3-5-11-12(10)18-20-17-11/h3-5,15H,2,6-9H2,1H3,(H,16,19). The van der Waals surface area contributed by atoms with Crippen molar-refractivity contribution in [3.05, 3.63) is 18.2 Å². The van der Waals surface area contributed by atoms with Gasteiger partial charge in [-0.05, 0) is 0 Å². The molecule has 3 rings (SSSR count). The van der Waals surface area contributed by atoms with Crippen molar-refractivity contribution < 1.29 is 4.79 Å². The number of carbonyl (C=O) groups excluding carboxylic acids is 1. The monoisotopic (exact) mass is 338 g/mol. The topological polar surface area (TPSA) is 66.9 Å². The van der Waals surface area contributed by atoms with Crippen molar-refractivity contribution >= 4 is 37.6 Å². The summed E-state index contributed by atoms with van der Waals surface area (Å²) in [4.78, 5) is 12.7. The predicted octanol–water partition coefficient (Wildman–Crippen LogP) is 1.41. The summed E-state index contributed by atoms with van der Waals surface area (Å²) in [5, 5.41) is 6.40. The van der Waals surface area contributed by atoms with Gasteiger partial charge >= 0.3 is 124 Å². The van der Waals surface area contributed by atoms with Gasteiger partial charge in [0.15, 0.2) is 0 Å². The van der Waals surface area contributed by atoms with E-state index in [4.69, 9.17) is 0 Å². The molecule has 106 valence electrons. The molecular formula is C14H18N4OSe. The van der Waals surface area contributed by atoms with Crippen molar-refractivity contribution in [2.45, 2.75) is 26.2 Å². The molecule has 0 bridgehead atoms. The number of fused-ring (bicyclic) bond motifs is 1. The van der Waals surface area contributed by atoms with E-state index >= 15 is 0 Å². The van der Waals surface area contributed by atoms with E-state index in [-0.39, 0.29) is 26.3 Å². The van der Waals surface area contributed by atoms with Crippen LogP contribution in [0.25, 0.3) is 11.0 Å². The van der Waals surface area contributed by atoms with Gasteiger partial charge in [-0.2, -0.15) is 0 Å². The maximum atomic E-state index is 12.7. The summed E-state index contributed by atoms with van der Waals surface area (Å²) >= 11 is -0.0703. The van der Waals surface area contributed by atoms with Crippen molar-refractivity contribution in [1.29, 1.82) is 0 Å². The van der Waals surface area contributed by atoms with Crippen LogP contribution in [0.4, 0.5) is 5.69 Å². The second-order valence-corrected chi connectivity index (χ2v) is 6.46. The molecule has 6 heteroatoms. The molecule has 0 spiro atoms. The molecule has 1 aromatic carbocycles. The van der Waals surface area contributed by atoms with Gasteiger partial charge in [0.05, 0.1) is 0 Å². The number of nitrogens with zero attached hydrogens (tertiary/aromatic N) is 2. The Kier molecular flexibility index (Phi) is 3.87. The summed E-state index contributed by atoms with van der Waals surface area (Å²) in [5.74, 6) is 0.118. The molecule has 1 fully saturated rings. The molecule has 1 aliphatic heterocycles. The molecule has 1 aromatic heterocycles. The molecule has 2 N–H and O–H groups in total. The predicted molar refractivity (Wildman–Crippen MR) is 79.9 cm³/mol. The van der Waals surface area contributed by atoms with Gasteiger partial charge in [-0.25, -0.2) is 0 Å². The van der Waals surface area contributed by atoms with Crippen LogP contribution in [-0.2, 0) is 4.79 Å². The molecule has 0 saturated carbocycles. The van der Waals surface area contributed by atoms with Crippen LogP contribution in [0.5, 0.6) is 0 Å². The van der Waals surface area contributed by atoms with Gasteiger partial charge in [-0.3, -0.25) is 0 Å². The number of hydrogen-bond donors (Lipinski definition) is 2. The van der Waals surface area contributed by atoms with Gasteiger partial charge in [0.25, 0.3) is 0 Å².